The monoisotopic (exact) mass is 296 g/mol. The lowest BCUT2D eigenvalue weighted by atomic mass is 10.0. The number of hydrogen-bond donors (Lipinski definition) is 1. The fourth-order valence-electron chi connectivity index (χ4n) is 2.71. The Morgan fingerprint density at radius 3 is 1.48 bits per heavy atom. The highest BCUT2D eigenvalue weighted by Gasteiger charge is 1.98. The lowest BCUT2D eigenvalue weighted by molar-refractivity contribution is -0.121. The molecule has 2 heteroatoms. The molecule has 0 fully saturated rings. The molecule has 125 valence electrons. The summed E-state index contributed by atoms with van der Waals surface area (Å²) >= 11 is 0. The van der Waals surface area contributed by atoms with E-state index in [0.717, 1.165) is 6.42 Å². The van der Waals surface area contributed by atoms with E-state index in [2.05, 4.69) is 19.2 Å². The molecule has 0 aromatic heterocycles. The molecule has 0 atom stereocenters. The molecule has 0 unspecified atom stereocenters. The molecule has 0 aromatic rings. The Balaban J connectivity index is 3.01. The topological polar surface area (TPSA) is 29.1 Å². The second kappa shape index (κ2) is 17.5. The third-order valence-electron chi connectivity index (χ3n) is 4.08. The highest BCUT2D eigenvalue weighted by Crippen LogP contribution is 2.13. The molecule has 0 aliphatic carbocycles. The van der Waals surface area contributed by atoms with Crippen molar-refractivity contribution < 1.29 is 4.79 Å². The minimum absolute atomic E-state index is 0.156. The van der Waals surface area contributed by atoms with Crippen LogP contribution in [0.3, 0.4) is 0 Å². The Morgan fingerprint density at radius 1 is 0.714 bits per heavy atom. The summed E-state index contributed by atoms with van der Waals surface area (Å²) in [5.74, 6) is 0.156. The van der Waals surface area contributed by atoms with Gasteiger partial charge < -0.3 is 5.32 Å². The van der Waals surface area contributed by atoms with Gasteiger partial charge in [-0.25, -0.2) is 0 Å². The zero-order chi connectivity index (χ0) is 15.6. The van der Waals surface area contributed by atoms with Crippen molar-refractivity contribution in [2.75, 3.05) is 6.54 Å². The van der Waals surface area contributed by atoms with Gasteiger partial charge in [0.1, 0.15) is 0 Å². The van der Waals surface area contributed by atoms with Crippen molar-refractivity contribution in [3.63, 3.8) is 0 Å². The van der Waals surface area contributed by atoms with Crippen molar-refractivity contribution in [1.82, 2.24) is 5.32 Å². The van der Waals surface area contributed by atoms with Crippen molar-refractivity contribution >= 4 is 5.91 Å². The van der Waals surface area contributed by atoms with Gasteiger partial charge in [-0.2, -0.15) is 0 Å². The average Bonchev–Trinajstić information content (AvgIpc) is 2.48. The Morgan fingerprint density at radius 2 is 1.10 bits per heavy atom. The van der Waals surface area contributed by atoms with Gasteiger partial charge in [0.2, 0.25) is 5.91 Å². The quantitative estimate of drug-likeness (QED) is 0.358. The van der Waals surface area contributed by atoms with E-state index in [1.807, 2.05) is 0 Å². The standard InChI is InChI=1S/C19H38NO/c1-3-5-6-7-8-9-10-11-12-13-14-15-16-17-18-19(21)20-4-2/h2-18H2,1H3,(H,20,21). The summed E-state index contributed by atoms with van der Waals surface area (Å²) in [4.78, 5) is 11.2. The highest BCUT2D eigenvalue weighted by molar-refractivity contribution is 5.75. The van der Waals surface area contributed by atoms with Gasteiger partial charge in [-0.1, -0.05) is 90.4 Å². The van der Waals surface area contributed by atoms with Crippen LogP contribution >= 0.6 is 0 Å². The molecule has 0 spiro atoms. The first-order valence-corrected chi connectivity index (χ1v) is 9.37. The van der Waals surface area contributed by atoms with Gasteiger partial charge in [0.15, 0.2) is 0 Å². The van der Waals surface area contributed by atoms with Crippen LogP contribution in [0.2, 0.25) is 0 Å². The molecule has 0 rings (SSSR count). The van der Waals surface area contributed by atoms with Gasteiger partial charge in [-0.05, 0) is 13.3 Å². The molecule has 0 bridgehead atoms. The normalized spacial score (nSPS) is 10.8. The molecule has 1 radical (unpaired) electrons. The molecular formula is C19H38NO. The van der Waals surface area contributed by atoms with Gasteiger partial charge in [0.05, 0.1) is 0 Å². The van der Waals surface area contributed by atoms with E-state index in [4.69, 9.17) is 0 Å². The summed E-state index contributed by atoms with van der Waals surface area (Å²) in [6.45, 7) is 6.40. The second-order valence-corrected chi connectivity index (χ2v) is 6.20. The van der Waals surface area contributed by atoms with Gasteiger partial charge in [-0.15, -0.1) is 0 Å². The molecule has 1 N–H and O–H groups in total. The van der Waals surface area contributed by atoms with E-state index in [9.17, 15) is 4.79 Å². The van der Waals surface area contributed by atoms with Crippen LogP contribution in [0.25, 0.3) is 0 Å². The summed E-state index contributed by atoms with van der Waals surface area (Å²) in [6, 6.07) is 0. The van der Waals surface area contributed by atoms with Crippen LogP contribution in [0.15, 0.2) is 0 Å². The van der Waals surface area contributed by atoms with E-state index in [1.54, 1.807) is 0 Å². The first-order valence-electron chi connectivity index (χ1n) is 9.37. The molecule has 0 heterocycles. The fraction of sp³-hybridized carbons (Fsp3) is 0.895. The highest BCUT2D eigenvalue weighted by atomic mass is 16.1. The molecule has 0 saturated carbocycles. The summed E-state index contributed by atoms with van der Waals surface area (Å²) in [5.41, 5.74) is 0. The predicted octanol–water partition coefficient (Wildman–Crippen LogP) is 5.81. The van der Waals surface area contributed by atoms with Crippen LogP contribution in [0, 0.1) is 6.92 Å². The van der Waals surface area contributed by atoms with Gasteiger partial charge in [0.25, 0.3) is 0 Å². The minimum Gasteiger partial charge on any atom is -0.356 e. The first kappa shape index (κ1) is 20.5. The number of nitrogens with one attached hydrogen (secondary N) is 1. The average molecular weight is 297 g/mol. The van der Waals surface area contributed by atoms with Crippen LogP contribution in [0.5, 0.6) is 0 Å². The molecular weight excluding hydrogens is 258 g/mol. The SMILES string of the molecule is [CH2]CNC(=O)CCCCCCCCCCCCCCCC. The summed E-state index contributed by atoms with van der Waals surface area (Å²) in [6.07, 6.45) is 19.7. The van der Waals surface area contributed by atoms with Crippen LogP contribution in [-0.2, 0) is 4.79 Å². The molecule has 0 aromatic carbocycles. The Kier molecular flexibility index (Phi) is 17.1. The molecule has 21 heavy (non-hydrogen) atoms. The van der Waals surface area contributed by atoms with E-state index < -0.39 is 0 Å². The zero-order valence-corrected chi connectivity index (χ0v) is 14.4. The molecule has 0 saturated heterocycles. The van der Waals surface area contributed by atoms with Crippen molar-refractivity contribution in [1.29, 1.82) is 0 Å². The number of amides is 1. The van der Waals surface area contributed by atoms with Crippen molar-refractivity contribution in [2.45, 2.75) is 103 Å². The minimum atomic E-state index is 0.156. The van der Waals surface area contributed by atoms with E-state index in [1.165, 1.54) is 83.5 Å². The summed E-state index contributed by atoms with van der Waals surface area (Å²) < 4.78 is 0. The Bertz CT molecular complexity index is 216. The Hall–Kier alpha value is -0.530. The Labute approximate surface area is 133 Å². The van der Waals surface area contributed by atoms with Gasteiger partial charge >= 0.3 is 0 Å². The van der Waals surface area contributed by atoms with Crippen LogP contribution < -0.4 is 5.32 Å². The van der Waals surface area contributed by atoms with Crippen LogP contribution in [0.4, 0.5) is 0 Å². The number of hydrogen-bond acceptors (Lipinski definition) is 1. The summed E-state index contributed by atoms with van der Waals surface area (Å²) in [5, 5.41) is 2.74. The van der Waals surface area contributed by atoms with Crippen molar-refractivity contribution in [2.24, 2.45) is 0 Å². The fourth-order valence-corrected chi connectivity index (χ4v) is 2.71. The van der Waals surface area contributed by atoms with Crippen molar-refractivity contribution in [3.05, 3.63) is 6.92 Å². The zero-order valence-electron chi connectivity index (χ0n) is 14.4. The maximum absolute atomic E-state index is 11.2. The third kappa shape index (κ3) is 17.4. The van der Waals surface area contributed by atoms with Gasteiger partial charge in [-0.3, -0.25) is 4.79 Å². The van der Waals surface area contributed by atoms with Gasteiger partial charge in [0, 0.05) is 13.0 Å². The summed E-state index contributed by atoms with van der Waals surface area (Å²) in [7, 11) is 0. The number of rotatable bonds is 16. The molecule has 0 aliphatic heterocycles. The molecule has 2 nitrogen and oxygen atoms in total. The maximum Gasteiger partial charge on any atom is 0.219 e. The van der Waals surface area contributed by atoms with E-state index in [0.29, 0.717) is 13.0 Å². The van der Waals surface area contributed by atoms with Crippen LogP contribution in [0.1, 0.15) is 103 Å². The number of carbonyl (C=O) groups is 1. The maximum atomic E-state index is 11.2. The lowest BCUT2D eigenvalue weighted by Gasteiger charge is -2.03. The van der Waals surface area contributed by atoms with Crippen molar-refractivity contribution in [3.8, 4) is 0 Å². The third-order valence-corrected chi connectivity index (χ3v) is 4.08. The molecule has 1 amide bonds. The number of carbonyl (C=O) groups excluding carboxylic acids is 1. The predicted molar refractivity (Wildman–Crippen MR) is 93.3 cm³/mol. The largest absolute Gasteiger partial charge is 0.356 e. The van der Waals surface area contributed by atoms with E-state index in [-0.39, 0.29) is 5.91 Å². The second-order valence-electron chi connectivity index (χ2n) is 6.20. The first-order chi connectivity index (χ1) is 10.3. The van der Waals surface area contributed by atoms with E-state index >= 15 is 0 Å². The lowest BCUT2D eigenvalue weighted by Crippen LogP contribution is -2.22. The molecule has 0 aliphatic rings. The smallest absolute Gasteiger partial charge is 0.219 e. The number of unbranched alkanes of at least 4 members (excludes halogenated alkanes) is 13. The van der Waals surface area contributed by atoms with Crippen LogP contribution in [-0.4, -0.2) is 12.5 Å².